The third-order valence-corrected chi connectivity index (χ3v) is 7.55. The van der Waals surface area contributed by atoms with E-state index in [1.54, 1.807) is 41.8 Å². The number of carboxylic acids is 1. The van der Waals surface area contributed by atoms with Gasteiger partial charge in [-0.1, -0.05) is 46.8 Å². The minimum absolute atomic E-state index is 0.0574. The maximum absolute atomic E-state index is 14.2. The van der Waals surface area contributed by atoms with E-state index in [0.29, 0.717) is 22.7 Å². The van der Waals surface area contributed by atoms with Crippen molar-refractivity contribution in [1.29, 1.82) is 0 Å². The van der Waals surface area contributed by atoms with Crippen LogP contribution in [0.4, 0.5) is 0 Å². The number of hydrogen-bond donors (Lipinski definition) is 1. The number of aliphatic carboxylic acids is 1. The molecule has 35 heavy (non-hydrogen) atoms. The first kappa shape index (κ1) is 25.0. The van der Waals surface area contributed by atoms with E-state index >= 15 is 0 Å². The van der Waals surface area contributed by atoms with Crippen LogP contribution in [0.3, 0.4) is 0 Å². The standard InChI is InChI=1S/C27H32N4O3S/c1-17(2)14-27(25(33)34)15-20(21-16-28-10-11-29-21)22(23-30-12-13-35-23)31(27)24(32)18-6-8-19(9-7-18)26(3,4)5/h6-13,16-17,20,22H,14-15H2,1-5H3,(H,33,34)/t20-,22-,27+/m1/s1. The highest BCUT2D eigenvalue weighted by atomic mass is 32.1. The van der Waals surface area contributed by atoms with E-state index in [4.69, 9.17) is 0 Å². The van der Waals surface area contributed by atoms with Gasteiger partial charge >= 0.3 is 5.97 Å². The molecule has 1 fully saturated rings. The summed E-state index contributed by atoms with van der Waals surface area (Å²) < 4.78 is 0. The zero-order chi connectivity index (χ0) is 25.4. The molecule has 2 aromatic heterocycles. The average molecular weight is 493 g/mol. The molecule has 8 heteroatoms. The van der Waals surface area contributed by atoms with E-state index in [-0.39, 0.29) is 29.6 Å². The molecule has 3 aromatic rings. The predicted molar refractivity (Wildman–Crippen MR) is 135 cm³/mol. The van der Waals surface area contributed by atoms with E-state index in [0.717, 1.165) is 5.56 Å². The van der Waals surface area contributed by atoms with Gasteiger partial charge in [0.1, 0.15) is 10.5 Å². The van der Waals surface area contributed by atoms with Gasteiger partial charge in [-0.2, -0.15) is 0 Å². The fourth-order valence-corrected chi connectivity index (χ4v) is 5.95. The average Bonchev–Trinajstić information content (AvgIpc) is 3.45. The number of benzene rings is 1. The maximum Gasteiger partial charge on any atom is 0.329 e. The molecule has 1 N–H and O–H groups in total. The van der Waals surface area contributed by atoms with Gasteiger partial charge in [-0.25, -0.2) is 9.78 Å². The minimum atomic E-state index is -1.40. The van der Waals surface area contributed by atoms with Crippen LogP contribution < -0.4 is 0 Å². The first-order valence-electron chi connectivity index (χ1n) is 11.9. The fraction of sp³-hybridized carbons (Fsp3) is 0.444. The Morgan fingerprint density at radius 2 is 1.86 bits per heavy atom. The Kier molecular flexibility index (Phi) is 6.77. The number of amides is 1. The van der Waals surface area contributed by atoms with Crippen LogP contribution in [0.25, 0.3) is 0 Å². The molecule has 7 nitrogen and oxygen atoms in total. The van der Waals surface area contributed by atoms with Crippen LogP contribution in [0.5, 0.6) is 0 Å². The second kappa shape index (κ2) is 9.49. The second-order valence-electron chi connectivity index (χ2n) is 10.7. The number of thiazole rings is 1. The van der Waals surface area contributed by atoms with Crippen molar-refractivity contribution in [3.8, 4) is 0 Å². The molecule has 1 aliphatic heterocycles. The van der Waals surface area contributed by atoms with Gasteiger partial charge < -0.3 is 10.0 Å². The Bertz CT molecular complexity index is 1170. The van der Waals surface area contributed by atoms with Gasteiger partial charge in [0.05, 0.1) is 11.7 Å². The van der Waals surface area contributed by atoms with Crippen LogP contribution in [-0.2, 0) is 10.2 Å². The molecule has 4 rings (SSSR count). The predicted octanol–water partition coefficient (Wildman–Crippen LogP) is 5.47. The summed E-state index contributed by atoms with van der Waals surface area (Å²) in [6.45, 7) is 10.3. The molecule has 1 aromatic carbocycles. The number of nitrogens with zero attached hydrogens (tertiary/aromatic N) is 4. The molecule has 0 aliphatic carbocycles. The largest absolute Gasteiger partial charge is 0.479 e. The highest BCUT2D eigenvalue weighted by molar-refractivity contribution is 7.09. The lowest BCUT2D eigenvalue weighted by Gasteiger charge is -2.38. The number of carbonyl (C=O) groups excluding carboxylic acids is 1. The summed E-state index contributed by atoms with van der Waals surface area (Å²) in [4.78, 5) is 42.1. The first-order chi connectivity index (χ1) is 16.5. The summed E-state index contributed by atoms with van der Waals surface area (Å²) in [7, 11) is 0. The summed E-state index contributed by atoms with van der Waals surface area (Å²) in [5, 5.41) is 13.2. The van der Waals surface area contributed by atoms with Crippen LogP contribution in [0, 0.1) is 5.92 Å². The Morgan fingerprint density at radius 1 is 1.14 bits per heavy atom. The van der Waals surface area contributed by atoms with Gasteiger partial charge in [-0.05, 0) is 41.9 Å². The summed E-state index contributed by atoms with van der Waals surface area (Å²) in [5.74, 6) is -1.59. The molecule has 1 aliphatic rings. The highest BCUT2D eigenvalue weighted by Crippen LogP contribution is 2.54. The number of aromatic nitrogens is 3. The van der Waals surface area contributed by atoms with Gasteiger partial charge in [0.2, 0.25) is 0 Å². The molecule has 184 valence electrons. The van der Waals surface area contributed by atoms with Gasteiger partial charge in [-0.15, -0.1) is 11.3 Å². The van der Waals surface area contributed by atoms with E-state index in [1.807, 2.05) is 31.4 Å². The minimum Gasteiger partial charge on any atom is -0.479 e. The Balaban J connectivity index is 1.89. The Morgan fingerprint density at radius 3 is 2.37 bits per heavy atom. The molecule has 0 unspecified atom stereocenters. The molecular formula is C27H32N4O3S. The fourth-order valence-electron chi connectivity index (χ4n) is 5.16. The summed E-state index contributed by atoms with van der Waals surface area (Å²) in [6.07, 6.45) is 7.13. The zero-order valence-electron chi connectivity index (χ0n) is 20.8. The monoisotopic (exact) mass is 492 g/mol. The third kappa shape index (κ3) is 4.72. The SMILES string of the molecule is CC(C)C[C@@]1(C(=O)O)C[C@H](c2cnccn2)[C@H](c2nccs2)N1C(=O)c1ccc(C(C)(C)C)cc1. The molecule has 0 spiro atoms. The topological polar surface area (TPSA) is 96.3 Å². The number of carboxylic acid groups (broad SMARTS) is 1. The zero-order valence-corrected chi connectivity index (χ0v) is 21.6. The van der Waals surface area contributed by atoms with Crippen molar-refractivity contribution in [1.82, 2.24) is 19.9 Å². The van der Waals surface area contributed by atoms with Crippen LogP contribution in [-0.4, -0.2) is 42.4 Å². The van der Waals surface area contributed by atoms with Crippen molar-refractivity contribution in [3.05, 3.63) is 76.3 Å². The van der Waals surface area contributed by atoms with Crippen molar-refractivity contribution in [2.75, 3.05) is 0 Å². The van der Waals surface area contributed by atoms with Crippen molar-refractivity contribution in [2.24, 2.45) is 5.92 Å². The number of carbonyl (C=O) groups is 2. The van der Waals surface area contributed by atoms with E-state index < -0.39 is 17.6 Å². The smallest absolute Gasteiger partial charge is 0.329 e. The van der Waals surface area contributed by atoms with Gasteiger partial charge in [0.15, 0.2) is 0 Å². The molecule has 1 saturated heterocycles. The van der Waals surface area contributed by atoms with Crippen molar-refractivity contribution >= 4 is 23.2 Å². The van der Waals surface area contributed by atoms with Gasteiger partial charge in [-0.3, -0.25) is 14.8 Å². The molecule has 1 amide bonds. The van der Waals surface area contributed by atoms with Crippen molar-refractivity contribution in [2.45, 2.75) is 70.4 Å². The number of rotatable bonds is 6. The van der Waals surface area contributed by atoms with Crippen LogP contribution in [0.15, 0.2) is 54.4 Å². The highest BCUT2D eigenvalue weighted by Gasteiger charge is 2.60. The molecule has 3 atom stereocenters. The molecule has 3 heterocycles. The van der Waals surface area contributed by atoms with Gasteiger partial charge in [0.25, 0.3) is 5.91 Å². The van der Waals surface area contributed by atoms with E-state index in [2.05, 4.69) is 35.7 Å². The number of likely N-dealkylation sites (tertiary alicyclic amines) is 1. The summed E-state index contributed by atoms with van der Waals surface area (Å²) in [6, 6.07) is 6.95. The van der Waals surface area contributed by atoms with Crippen LogP contribution in [0.1, 0.15) is 86.0 Å². The van der Waals surface area contributed by atoms with Crippen molar-refractivity contribution < 1.29 is 14.7 Å². The lowest BCUT2D eigenvalue weighted by Crippen LogP contribution is -2.54. The molecular weight excluding hydrogens is 460 g/mol. The second-order valence-corrected chi connectivity index (χ2v) is 11.6. The normalized spacial score (nSPS) is 22.5. The van der Waals surface area contributed by atoms with E-state index in [9.17, 15) is 14.7 Å². The first-order valence-corrected chi connectivity index (χ1v) is 12.8. The van der Waals surface area contributed by atoms with Crippen molar-refractivity contribution in [3.63, 3.8) is 0 Å². The van der Waals surface area contributed by atoms with E-state index in [1.165, 1.54) is 11.3 Å². The Hall–Kier alpha value is -3.13. The summed E-state index contributed by atoms with van der Waals surface area (Å²) >= 11 is 1.43. The molecule has 0 saturated carbocycles. The Labute approximate surface area is 210 Å². The van der Waals surface area contributed by atoms with Crippen LogP contribution >= 0.6 is 11.3 Å². The lowest BCUT2D eigenvalue weighted by atomic mass is 9.83. The summed E-state index contributed by atoms with van der Waals surface area (Å²) in [5.41, 5.74) is 0.787. The lowest BCUT2D eigenvalue weighted by molar-refractivity contribution is -0.150. The third-order valence-electron chi connectivity index (χ3n) is 6.71. The van der Waals surface area contributed by atoms with Crippen LogP contribution in [0.2, 0.25) is 0 Å². The maximum atomic E-state index is 14.2. The molecule has 0 radical (unpaired) electrons. The molecule has 0 bridgehead atoms. The van der Waals surface area contributed by atoms with Gasteiger partial charge in [0, 0.05) is 41.6 Å². The quantitative estimate of drug-likeness (QED) is 0.490. The number of hydrogen-bond acceptors (Lipinski definition) is 6.